The van der Waals surface area contributed by atoms with Gasteiger partial charge in [0, 0.05) is 10.6 Å². The lowest BCUT2D eigenvalue weighted by molar-refractivity contribution is -0.113. The summed E-state index contributed by atoms with van der Waals surface area (Å²) in [5.74, 6) is -1.82. The molecule has 2 N–H and O–H groups in total. The Hall–Kier alpha value is -4.32. The topological polar surface area (TPSA) is 104 Å². The molecule has 2 heterocycles. The highest BCUT2D eigenvalue weighted by Crippen LogP contribution is 2.36. The van der Waals surface area contributed by atoms with Crippen LogP contribution in [0.25, 0.3) is 6.08 Å². The number of hydrazone groups is 1. The standard InChI is InChI=1S/C28H19ClFN5O3S2/c1-16-23(40-27(31-16)32-24(36)17-11-13-19(30)14-12-17)25(37)33-34-28-35(20-8-3-2-4-9-20)26(38)22(39-28)15-18-7-5-6-10-21(18)29/h2-15H,1H3,(H,33,37)(H,31,32,36)/b22-15+,34-28+. The smallest absolute Gasteiger partial charge is 0.283 e. The van der Waals surface area contributed by atoms with E-state index >= 15 is 0 Å². The maximum absolute atomic E-state index is 13.4. The first kappa shape index (κ1) is 27.3. The van der Waals surface area contributed by atoms with Crippen LogP contribution in [0, 0.1) is 12.7 Å². The van der Waals surface area contributed by atoms with Crippen molar-refractivity contribution in [2.45, 2.75) is 6.92 Å². The molecule has 0 saturated carbocycles. The molecule has 5 rings (SSSR count). The van der Waals surface area contributed by atoms with Crippen LogP contribution in [0.4, 0.5) is 15.2 Å². The van der Waals surface area contributed by atoms with E-state index in [1.165, 1.54) is 29.2 Å². The first-order valence-electron chi connectivity index (χ1n) is 11.8. The van der Waals surface area contributed by atoms with Crippen LogP contribution in [0.1, 0.15) is 31.3 Å². The third-order valence-electron chi connectivity index (χ3n) is 5.60. The van der Waals surface area contributed by atoms with Crippen molar-refractivity contribution in [1.29, 1.82) is 0 Å². The van der Waals surface area contributed by atoms with Crippen molar-refractivity contribution in [2.24, 2.45) is 5.10 Å². The van der Waals surface area contributed by atoms with E-state index in [1.54, 1.807) is 55.5 Å². The third kappa shape index (κ3) is 5.96. The molecule has 0 radical (unpaired) electrons. The zero-order chi connectivity index (χ0) is 28.2. The number of rotatable bonds is 6. The second kappa shape index (κ2) is 11.8. The zero-order valence-corrected chi connectivity index (χ0v) is 23.1. The van der Waals surface area contributed by atoms with Crippen molar-refractivity contribution in [1.82, 2.24) is 10.4 Å². The van der Waals surface area contributed by atoms with Gasteiger partial charge in [-0.25, -0.2) is 14.8 Å². The van der Waals surface area contributed by atoms with Gasteiger partial charge in [-0.3, -0.25) is 24.6 Å². The number of thiazole rings is 1. The summed E-state index contributed by atoms with van der Waals surface area (Å²) in [6.07, 6.45) is 1.68. The summed E-state index contributed by atoms with van der Waals surface area (Å²) in [5, 5.41) is 7.81. The fourth-order valence-electron chi connectivity index (χ4n) is 3.67. The Bertz CT molecular complexity index is 1670. The molecule has 0 spiro atoms. The van der Waals surface area contributed by atoms with Crippen molar-refractivity contribution >= 4 is 74.5 Å². The first-order chi connectivity index (χ1) is 19.3. The van der Waals surface area contributed by atoms with Crippen molar-refractivity contribution in [3.8, 4) is 0 Å². The predicted octanol–water partition coefficient (Wildman–Crippen LogP) is 6.32. The number of thioether (sulfide) groups is 1. The summed E-state index contributed by atoms with van der Waals surface area (Å²) < 4.78 is 13.2. The number of hydrogen-bond acceptors (Lipinski definition) is 7. The summed E-state index contributed by atoms with van der Waals surface area (Å²) in [4.78, 5) is 45.1. The van der Waals surface area contributed by atoms with Gasteiger partial charge in [-0.15, -0.1) is 5.10 Å². The van der Waals surface area contributed by atoms with Crippen LogP contribution >= 0.6 is 34.7 Å². The fourth-order valence-corrected chi connectivity index (χ4v) is 5.64. The molecular formula is C28H19ClFN5O3S2. The molecule has 3 aromatic carbocycles. The van der Waals surface area contributed by atoms with Crippen LogP contribution in [-0.2, 0) is 4.79 Å². The Balaban J connectivity index is 1.37. The molecule has 1 aliphatic rings. The summed E-state index contributed by atoms with van der Waals surface area (Å²) >= 11 is 8.35. The van der Waals surface area contributed by atoms with Crippen molar-refractivity contribution in [2.75, 3.05) is 10.2 Å². The predicted molar refractivity (Wildman–Crippen MR) is 157 cm³/mol. The number of hydrogen-bond donors (Lipinski definition) is 2. The van der Waals surface area contributed by atoms with Crippen LogP contribution in [0.2, 0.25) is 5.02 Å². The number of nitrogens with zero attached hydrogens (tertiary/aromatic N) is 3. The maximum atomic E-state index is 13.4. The molecule has 4 aromatic rings. The number of carbonyl (C=O) groups is 3. The molecule has 12 heteroatoms. The molecule has 1 aliphatic heterocycles. The molecule has 3 amide bonds. The van der Waals surface area contributed by atoms with Crippen LogP contribution in [0.3, 0.4) is 0 Å². The largest absolute Gasteiger partial charge is 0.298 e. The fraction of sp³-hybridized carbons (Fsp3) is 0.0357. The van der Waals surface area contributed by atoms with Crippen molar-refractivity contribution < 1.29 is 18.8 Å². The van der Waals surface area contributed by atoms with E-state index in [4.69, 9.17) is 11.6 Å². The lowest BCUT2D eigenvalue weighted by atomic mass is 10.2. The SMILES string of the molecule is Cc1nc(NC(=O)c2ccc(F)cc2)sc1C(=O)N/N=C1/S/C(=C/c2ccccc2Cl)C(=O)N1c1ccccc1. The van der Waals surface area contributed by atoms with E-state index in [0.29, 0.717) is 26.9 Å². The van der Waals surface area contributed by atoms with Gasteiger partial charge in [0.2, 0.25) is 0 Å². The van der Waals surface area contributed by atoms with Gasteiger partial charge in [-0.1, -0.05) is 59.3 Å². The number of carbonyl (C=O) groups excluding carboxylic acids is 3. The summed E-state index contributed by atoms with van der Waals surface area (Å²) in [6.45, 7) is 1.63. The highest BCUT2D eigenvalue weighted by atomic mass is 35.5. The summed E-state index contributed by atoms with van der Waals surface area (Å²) in [6, 6.07) is 21.1. The van der Waals surface area contributed by atoms with Gasteiger partial charge in [-0.2, -0.15) is 0 Å². The number of nitrogens with one attached hydrogen (secondary N) is 2. The molecule has 0 aliphatic carbocycles. The zero-order valence-electron chi connectivity index (χ0n) is 20.7. The molecule has 0 unspecified atom stereocenters. The normalized spacial score (nSPS) is 15.1. The van der Waals surface area contributed by atoms with Crippen LogP contribution < -0.4 is 15.6 Å². The highest BCUT2D eigenvalue weighted by Gasteiger charge is 2.35. The van der Waals surface area contributed by atoms with E-state index < -0.39 is 17.6 Å². The molecule has 40 heavy (non-hydrogen) atoms. The maximum Gasteiger partial charge on any atom is 0.283 e. The molecule has 200 valence electrons. The number of benzene rings is 3. The van der Waals surface area contributed by atoms with E-state index in [9.17, 15) is 18.8 Å². The quantitative estimate of drug-likeness (QED) is 0.202. The van der Waals surface area contributed by atoms with E-state index in [1.807, 2.05) is 12.1 Å². The highest BCUT2D eigenvalue weighted by molar-refractivity contribution is 8.19. The minimum Gasteiger partial charge on any atom is -0.298 e. The van der Waals surface area contributed by atoms with Crippen LogP contribution in [0.15, 0.2) is 88.9 Å². The van der Waals surface area contributed by atoms with Gasteiger partial charge in [-0.05, 0) is 72.8 Å². The first-order valence-corrected chi connectivity index (χ1v) is 13.8. The molecule has 1 aromatic heterocycles. The van der Waals surface area contributed by atoms with Crippen molar-refractivity contribution in [3.05, 3.63) is 116 Å². The Morgan fingerprint density at radius 2 is 1.70 bits per heavy atom. The average molecular weight is 592 g/mol. The van der Waals surface area contributed by atoms with Gasteiger partial charge in [0.25, 0.3) is 17.7 Å². The molecule has 0 atom stereocenters. The Kier molecular flexibility index (Phi) is 8.06. The van der Waals surface area contributed by atoms with Crippen molar-refractivity contribution in [3.63, 3.8) is 0 Å². The second-order valence-electron chi connectivity index (χ2n) is 8.34. The minimum absolute atomic E-state index is 0.200. The number of amidine groups is 1. The van der Waals surface area contributed by atoms with Crippen LogP contribution in [0.5, 0.6) is 0 Å². The number of anilines is 2. The molecule has 1 saturated heterocycles. The number of halogens is 2. The lowest BCUT2D eigenvalue weighted by Gasteiger charge is -2.15. The van der Waals surface area contributed by atoms with Gasteiger partial charge in [0.15, 0.2) is 10.3 Å². The van der Waals surface area contributed by atoms with Crippen LogP contribution in [-0.4, -0.2) is 27.9 Å². The Labute approximate surface area is 241 Å². The Morgan fingerprint density at radius 1 is 1.00 bits per heavy atom. The molecule has 1 fully saturated rings. The Morgan fingerprint density at radius 3 is 2.42 bits per heavy atom. The number of aromatic nitrogens is 1. The van der Waals surface area contributed by atoms with Gasteiger partial charge in [0.1, 0.15) is 10.7 Å². The van der Waals surface area contributed by atoms with E-state index in [-0.39, 0.29) is 26.6 Å². The minimum atomic E-state index is -0.561. The number of para-hydroxylation sites is 1. The third-order valence-corrected chi connectivity index (χ3v) is 7.98. The summed E-state index contributed by atoms with van der Waals surface area (Å²) in [5.41, 5.74) is 4.38. The van der Waals surface area contributed by atoms with E-state index in [0.717, 1.165) is 23.1 Å². The molecule has 8 nitrogen and oxygen atoms in total. The van der Waals surface area contributed by atoms with E-state index in [2.05, 4.69) is 20.8 Å². The monoisotopic (exact) mass is 591 g/mol. The lowest BCUT2D eigenvalue weighted by Crippen LogP contribution is -2.31. The molecule has 0 bridgehead atoms. The summed E-state index contributed by atoms with van der Waals surface area (Å²) in [7, 11) is 0. The molecular weight excluding hydrogens is 573 g/mol. The second-order valence-corrected chi connectivity index (χ2v) is 10.8. The van der Waals surface area contributed by atoms with Gasteiger partial charge < -0.3 is 0 Å². The van der Waals surface area contributed by atoms with Gasteiger partial charge >= 0.3 is 0 Å². The number of aryl methyl sites for hydroxylation is 1. The average Bonchev–Trinajstić information content (AvgIpc) is 3.47. The van der Waals surface area contributed by atoms with Gasteiger partial charge in [0.05, 0.1) is 16.3 Å². The number of amides is 3.